The van der Waals surface area contributed by atoms with Crippen LogP contribution in [0.4, 0.5) is 10.1 Å². The monoisotopic (exact) mass is 290 g/mol. The Morgan fingerprint density at radius 3 is 2.76 bits per heavy atom. The molecule has 0 aliphatic rings. The number of benzene rings is 1. The normalized spacial score (nSPS) is 10.7. The van der Waals surface area contributed by atoms with Crippen LogP contribution in [0.1, 0.15) is 18.1 Å². The van der Waals surface area contributed by atoms with Crippen molar-refractivity contribution in [2.45, 2.75) is 20.0 Å². The maximum absolute atomic E-state index is 13.4. The number of nitrogens with zero attached hydrogens (tertiary/aromatic N) is 3. The molecule has 21 heavy (non-hydrogen) atoms. The molecule has 0 unspecified atom stereocenters. The van der Waals surface area contributed by atoms with Gasteiger partial charge in [-0.25, -0.2) is 9.07 Å². The van der Waals surface area contributed by atoms with Crippen LogP contribution < -0.4 is 16.2 Å². The Labute approximate surface area is 122 Å². The van der Waals surface area contributed by atoms with E-state index in [0.29, 0.717) is 12.1 Å². The van der Waals surface area contributed by atoms with E-state index >= 15 is 0 Å². The zero-order chi connectivity index (χ0) is 15.4. The summed E-state index contributed by atoms with van der Waals surface area (Å²) in [5.74, 6) is -0.332. The van der Waals surface area contributed by atoms with Gasteiger partial charge in [-0.1, -0.05) is 6.07 Å². The van der Waals surface area contributed by atoms with Crippen LogP contribution in [0.3, 0.4) is 0 Å². The number of halogens is 1. The predicted octanol–water partition coefficient (Wildman–Crippen LogP) is 1.35. The molecule has 0 fully saturated rings. The molecule has 112 valence electrons. The van der Waals surface area contributed by atoms with E-state index in [2.05, 4.69) is 5.10 Å². The van der Waals surface area contributed by atoms with Gasteiger partial charge in [-0.15, -0.1) is 0 Å². The van der Waals surface area contributed by atoms with E-state index in [4.69, 9.17) is 5.73 Å². The quantitative estimate of drug-likeness (QED) is 0.902. The number of hydrogen-bond donors (Lipinski definition) is 1. The zero-order valence-electron chi connectivity index (χ0n) is 12.2. The fourth-order valence-electron chi connectivity index (χ4n) is 1.99. The fraction of sp³-hybridized carbons (Fsp3) is 0.333. The summed E-state index contributed by atoms with van der Waals surface area (Å²) in [4.78, 5) is 14.0. The third-order valence-corrected chi connectivity index (χ3v) is 3.43. The highest BCUT2D eigenvalue weighted by Crippen LogP contribution is 2.11. The van der Waals surface area contributed by atoms with Crippen LogP contribution in [-0.2, 0) is 13.1 Å². The van der Waals surface area contributed by atoms with E-state index in [9.17, 15) is 9.18 Å². The summed E-state index contributed by atoms with van der Waals surface area (Å²) in [6.45, 7) is 3.21. The summed E-state index contributed by atoms with van der Waals surface area (Å²) in [7, 11) is 1.90. The van der Waals surface area contributed by atoms with Gasteiger partial charge in [0.1, 0.15) is 5.82 Å². The van der Waals surface area contributed by atoms with Crippen LogP contribution in [0.15, 0.2) is 35.3 Å². The van der Waals surface area contributed by atoms with E-state index in [1.807, 2.05) is 18.9 Å². The minimum Gasteiger partial charge on any atom is -0.373 e. The first-order chi connectivity index (χ1) is 10.0. The van der Waals surface area contributed by atoms with Gasteiger partial charge in [0.05, 0.1) is 18.4 Å². The summed E-state index contributed by atoms with van der Waals surface area (Å²) in [6.07, 6.45) is 1.65. The molecule has 0 aliphatic carbocycles. The third kappa shape index (κ3) is 3.46. The van der Waals surface area contributed by atoms with E-state index in [-0.39, 0.29) is 17.9 Å². The summed E-state index contributed by atoms with van der Waals surface area (Å²) >= 11 is 0. The second kappa shape index (κ2) is 6.49. The lowest BCUT2D eigenvalue weighted by Crippen LogP contribution is -2.26. The van der Waals surface area contributed by atoms with E-state index in [0.717, 1.165) is 17.8 Å². The van der Waals surface area contributed by atoms with Crippen LogP contribution in [0, 0.1) is 5.82 Å². The smallest absolute Gasteiger partial charge is 0.269 e. The molecular weight excluding hydrogens is 271 g/mol. The lowest BCUT2D eigenvalue weighted by Gasteiger charge is -2.16. The molecule has 5 nitrogen and oxygen atoms in total. The first-order valence-electron chi connectivity index (χ1n) is 6.80. The summed E-state index contributed by atoms with van der Waals surface area (Å²) in [5.41, 5.74) is 7.30. The molecule has 1 heterocycles. The fourth-order valence-corrected chi connectivity index (χ4v) is 1.99. The highest BCUT2D eigenvalue weighted by atomic mass is 19.1. The Hall–Kier alpha value is -2.21. The largest absolute Gasteiger partial charge is 0.373 e. The van der Waals surface area contributed by atoms with Gasteiger partial charge in [0.25, 0.3) is 5.56 Å². The Morgan fingerprint density at radius 2 is 2.14 bits per heavy atom. The van der Waals surface area contributed by atoms with Crippen molar-refractivity contribution >= 4 is 5.69 Å². The van der Waals surface area contributed by atoms with Gasteiger partial charge >= 0.3 is 0 Å². The van der Waals surface area contributed by atoms with Gasteiger partial charge in [-0.3, -0.25) is 4.79 Å². The van der Waals surface area contributed by atoms with Crippen LogP contribution in [0.25, 0.3) is 0 Å². The third-order valence-electron chi connectivity index (χ3n) is 3.43. The Bertz CT molecular complexity index is 684. The van der Waals surface area contributed by atoms with Gasteiger partial charge in [0.15, 0.2) is 0 Å². The highest BCUT2D eigenvalue weighted by Gasteiger charge is 2.06. The molecule has 1 aromatic heterocycles. The minimum atomic E-state index is -0.332. The van der Waals surface area contributed by atoms with E-state index in [1.165, 1.54) is 10.7 Å². The topological polar surface area (TPSA) is 64.2 Å². The number of anilines is 1. The van der Waals surface area contributed by atoms with Gasteiger partial charge in [0, 0.05) is 31.8 Å². The SMILES string of the molecule is CCN(C)c1cnn(Cc2ccc(F)c(CN)c2)c(=O)c1. The molecule has 0 saturated carbocycles. The molecule has 0 saturated heterocycles. The standard InChI is InChI=1S/C15H19FN4O/c1-3-19(2)13-7-15(21)20(18-9-13)10-11-4-5-14(16)12(6-11)8-17/h4-7,9H,3,8,10,17H2,1-2H3. The van der Waals surface area contributed by atoms with E-state index < -0.39 is 0 Å². The summed E-state index contributed by atoms with van der Waals surface area (Å²) < 4.78 is 14.7. The van der Waals surface area contributed by atoms with Crippen LogP contribution in [0.2, 0.25) is 0 Å². The Balaban J connectivity index is 2.26. The zero-order valence-corrected chi connectivity index (χ0v) is 12.2. The lowest BCUT2D eigenvalue weighted by molar-refractivity contribution is 0.603. The predicted molar refractivity (Wildman–Crippen MR) is 80.8 cm³/mol. The van der Waals surface area contributed by atoms with Gasteiger partial charge in [-0.05, 0) is 24.6 Å². The molecule has 2 rings (SSSR count). The van der Waals surface area contributed by atoms with Crippen molar-refractivity contribution in [3.63, 3.8) is 0 Å². The Morgan fingerprint density at radius 1 is 1.38 bits per heavy atom. The maximum Gasteiger partial charge on any atom is 0.269 e. The lowest BCUT2D eigenvalue weighted by atomic mass is 10.1. The van der Waals surface area contributed by atoms with Crippen LogP contribution in [0.5, 0.6) is 0 Å². The molecule has 0 atom stereocenters. The van der Waals surface area contributed by atoms with Gasteiger partial charge < -0.3 is 10.6 Å². The van der Waals surface area contributed by atoms with Gasteiger partial charge in [-0.2, -0.15) is 5.10 Å². The summed E-state index contributed by atoms with van der Waals surface area (Å²) in [5, 5.41) is 4.16. The van der Waals surface area contributed by atoms with Crippen molar-refractivity contribution in [3.05, 3.63) is 57.8 Å². The number of nitrogens with two attached hydrogens (primary N) is 1. The van der Waals surface area contributed by atoms with Crippen molar-refractivity contribution in [1.29, 1.82) is 0 Å². The molecule has 6 heteroatoms. The summed E-state index contributed by atoms with van der Waals surface area (Å²) in [6, 6.07) is 6.20. The van der Waals surface area contributed by atoms with Crippen LogP contribution in [-0.4, -0.2) is 23.4 Å². The first kappa shape index (κ1) is 15.2. The van der Waals surface area contributed by atoms with Crippen LogP contribution >= 0.6 is 0 Å². The van der Waals surface area contributed by atoms with Crippen molar-refractivity contribution < 1.29 is 4.39 Å². The second-order valence-electron chi connectivity index (χ2n) is 4.85. The molecular formula is C15H19FN4O. The second-order valence-corrected chi connectivity index (χ2v) is 4.85. The molecule has 2 N–H and O–H groups in total. The average molecular weight is 290 g/mol. The molecule has 2 aromatic rings. The average Bonchev–Trinajstić information content (AvgIpc) is 2.50. The maximum atomic E-state index is 13.4. The number of rotatable bonds is 5. The van der Waals surface area contributed by atoms with Crippen molar-refractivity contribution in [3.8, 4) is 0 Å². The van der Waals surface area contributed by atoms with Crippen molar-refractivity contribution in [2.75, 3.05) is 18.5 Å². The molecule has 0 amide bonds. The van der Waals surface area contributed by atoms with Crippen molar-refractivity contribution in [2.24, 2.45) is 5.73 Å². The minimum absolute atomic E-state index is 0.127. The first-order valence-corrected chi connectivity index (χ1v) is 6.80. The highest BCUT2D eigenvalue weighted by molar-refractivity contribution is 5.41. The van der Waals surface area contributed by atoms with Crippen molar-refractivity contribution in [1.82, 2.24) is 9.78 Å². The molecule has 0 aliphatic heterocycles. The molecule has 0 bridgehead atoms. The molecule has 1 aromatic carbocycles. The van der Waals surface area contributed by atoms with Gasteiger partial charge in [0.2, 0.25) is 0 Å². The molecule has 0 radical (unpaired) electrons. The Kier molecular flexibility index (Phi) is 4.70. The number of hydrogen-bond acceptors (Lipinski definition) is 4. The number of aromatic nitrogens is 2. The van der Waals surface area contributed by atoms with E-state index in [1.54, 1.807) is 24.4 Å². The molecule has 0 spiro atoms.